The van der Waals surface area contributed by atoms with E-state index in [4.69, 9.17) is 9.47 Å². The number of nitrogens with one attached hydrogen (secondary N) is 1. The Balaban J connectivity index is 1.76. The van der Waals surface area contributed by atoms with Gasteiger partial charge in [-0.05, 0) is 18.6 Å². The van der Waals surface area contributed by atoms with E-state index in [-0.39, 0.29) is 23.9 Å². The van der Waals surface area contributed by atoms with E-state index in [0.717, 1.165) is 24.5 Å². The number of sulfonamides is 1. The number of thiazole rings is 1. The second-order valence-corrected chi connectivity index (χ2v) is 9.88. The fourth-order valence-electron chi connectivity index (χ4n) is 3.21. The highest BCUT2D eigenvalue weighted by atomic mass is 32.2. The number of para-hydroxylation sites is 1. The number of hydrogen-bond acceptors (Lipinski definition) is 10. The summed E-state index contributed by atoms with van der Waals surface area (Å²) < 4.78 is 54.0. The lowest BCUT2D eigenvalue weighted by atomic mass is 10.2. The average molecular weight is 520 g/mol. The highest BCUT2D eigenvalue weighted by Crippen LogP contribution is 2.38. The molecule has 11 nitrogen and oxygen atoms in total. The highest BCUT2D eigenvalue weighted by Gasteiger charge is 2.26. The van der Waals surface area contributed by atoms with Gasteiger partial charge in [0.2, 0.25) is 16.0 Å². The van der Waals surface area contributed by atoms with Crippen LogP contribution < -0.4 is 14.2 Å². The van der Waals surface area contributed by atoms with Crippen molar-refractivity contribution in [3.63, 3.8) is 0 Å². The molecule has 0 atom stereocenters. The average Bonchev–Trinajstić information content (AvgIpc) is 3.49. The van der Waals surface area contributed by atoms with Gasteiger partial charge in [-0.3, -0.25) is 9.29 Å². The Labute approximate surface area is 205 Å². The lowest BCUT2D eigenvalue weighted by Crippen LogP contribution is -2.21. The van der Waals surface area contributed by atoms with Crippen molar-refractivity contribution in [3.05, 3.63) is 53.3 Å². The lowest BCUT2D eigenvalue weighted by Gasteiger charge is -2.17. The van der Waals surface area contributed by atoms with Crippen LogP contribution in [0.25, 0.3) is 16.5 Å². The molecule has 3 aromatic heterocycles. The fraction of sp³-hybridized carbons (Fsp3) is 0.286. The number of halogens is 1. The first-order valence-corrected chi connectivity index (χ1v) is 13.0. The third-order valence-corrected chi connectivity index (χ3v) is 7.03. The van der Waals surface area contributed by atoms with Crippen LogP contribution in [-0.2, 0) is 22.9 Å². The molecule has 0 aliphatic rings. The number of aryl methyl sites for hydroxylation is 2. The summed E-state index contributed by atoms with van der Waals surface area (Å²) in [6, 6.07) is 5.17. The van der Waals surface area contributed by atoms with Crippen molar-refractivity contribution in [2.24, 2.45) is 0 Å². The highest BCUT2D eigenvalue weighted by molar-refractivity contribution is 7.92. The summed E-state index contributed by atoms with van der Waals surface area (Å²) in [5, 5.41) is 10.8. The maximum Gasteiger partial charge on any atom is 0.243 e. The normalized spacial score (nSPS) is 11.4. The summed E-state index contributed by atoms with van der Waals surface area (Å²) >= 11 is 1.36. The second kappa shape index (κ2) is 10.3. The van der Waals surface area contributed by atoms with Gasteiger partial charge in [-0.2, -0.15) is 0 Å². The largest absolute Gasteiger partial charge is 0.494 e. The van der Waals surface area contributed by atoms with Crippen LogP contribution in [0.3, 0.4) is 0 Å². The van der Waals surface area contributed by atoms with E-state index >= 15 is 0 Å². The van der Waals surface area contributed by atoms with Crippen LogP contribution in [0.2, 0.25) is 0 Å². The first-order chi connectivity index (χ1) is 16.8. The van der Waals surface area contributed by atoms with Gasteiger partial charge in [0.05, 0.1) is 38.1 Å². The molecule has 0 saturated heterocycles. The van der Waals surface area contributed by atoms with Crippen molar-refractivity contribution in [2.75, 3.05) is 24.7 Å². The van der Waals surface area contributed by atoms with Crippen molar-refractivity contribution in [3.8, 4) is 28.0 Å². The molecular formula is C21H22FN7O4S2. The molecule has 0 aliphatic heterocycles. The van der Waals surface area contributed by atoms with E-state index in [1.54, 1.807) is 18.2 Å². The number of rotatable bonds is 10. The maximum atomic E-state index is 13.0. The molecular weight excluding hydrogens is 497 g/mol. The Kier molecular flexibility index (Phi) is 7.21. The summed E-state index contributed by atoms with van der Waals surface area (Å²) in [6.45, 7) is 1.98. The predicted octanol–water partition coefficient (Wildman–Crippen LogP) is 2.88. The molecule has 0 amide bonds. The van der Waals surface area contributed by atoms with Crippen molar-refractivity contribution in [1.82, 2.24) is 29.7 Å². The number of aromatic nitrogens is 6. The molecule has 4 rings (SSSR count). The van der Waals surface area contributed by atoms with Gasteiger partial charge in [0.15, 0.2) is 16.6 Å². The van der Waals surface area contributed by atoms with Gasteiger partial charge >= 0.3 is 0 Å². The third kappa shape index (κ3) is 5.38. The number of hydrogen-bond donors (Lipinski definition) is 1. The van der Waals surface area contributed by atoms with Crippen molar-refractivity contribution >= 4 is 27.3 Å². The van der Waals surface area contributed by atoms with E-state index in [1.165, 1.54) is 30.1 Å². The fourth-order valence-corrected chi connectivity index (χ4v) is 5.05. The molecule has 14 heteroatoms. The van der Waals surface area contributed by atoms with Crippen LogP contribution in [0.5, 0.6) is 11.5 Å². The summed E-state index contributed by atoms with van der Waals surface area (Å²) in [7, 11) is -0.940. The lowest BCUT2D eigenvalue weighted by molar-refractivity contribution is 0.391. The number of nitrogens with zero attached hydrogens (tertiary/aromatic N) is 6. The molecule has 3 heterocycles. The Bertz CT molecular complexity index is 1400. The predicted molar refractivity (Wildman–Crippen MR) is 128 cm³/mol. The van der Waals surface area contributed by atoms with Gasteiger partial charge < -0.3 is 9.47 Å². The first-order valence-electron chi connectivity index (χ1n) is 10.4. The molecule has 0 saturated carbocycles. The molecule has 0 aliphatic carbocycles. The molecule has 0 radical (unpaired) electrons. The molecule has 35 heavy (non-hydrogen) atoms. The molecule has 1 aromatic carbocycles. The van der Waals surface area contributed by atoms with E-state index in [0.29, 0.717) is 28.0 Å². The number of anilines is 1. The first kappa shape index (κ1) is 24.5. The minimum Gasteiger partial charge on any atom is -0.494 e. The standard InChI is InChI=1S/C21H22FN7O4S2/c1-4-14-12-34-20(25-14)19-26-27-21(29(19)18-15(32-2)6-5-7-16(18)33-3)28-35(30,31)9-8-17-23-10-13(22)11-24-17/h5-7,10-12H,4,8-9H2,1-3H3,(H,27,28). The Hall–Kier alpha value is -3.65. The van der Waals surface area contributed by atoms with Crippen LogP contribution in [-0.4, -0.2) is 58.1 Å². The van der Waals surface area contributed by atoms with Crippen molar-refractivity contribution in [2.45, 2.75) is 19.8 Å². The van der Waals surface area contributed by atoms with Gasteiger partial charge in [0.25, 0.3) is 0 Å². The molecule has 0 spiro atoms. The van der Waals surface area contributed by atoms with Gasteiger partial charge in [-0.1, -0.05) is 13.0 Å². The van der Waals surface area contributed by atoms with E-state index in [1.807, 2.05) is 12.3 Å². The van der Waals surface area contributed by atoms with Crippen molar-refractivity contribution < 1.29 is 22.3 Å². The van der Waals surface area contributed by atoms with E-state index < -0.39 is 15.8 Å². The molecule has 0 unspecified atom stereocenters. The zero-order chi connectivity index (χ0) is 25.0. The monoisotopic (exact) mass is 519 g/mol. The number of benzene rings is 1. The topological polar surface area (TPSA) is 134 Å². The van der Waals surface area contributed by atoms with Gasteiger partial charge in [0, 0.05) is 11.8 Å². The zero-order valence-electron chi connectivity index (χ0n) is 19.1. The second-order valence-electron chi connectivity index (χ2n) is 7.18. The Morgan fingerprint density at radius 1 is 1.11 bits per heavy atom. The molecule has 0 fully saturated rings. The van der Waals surface area contributed by atoms with Crippen LogP contribution in [0, 0.1) is 5.82 Å². The number of methoxy groups -OCH3 is 2. The Morgan fingerprint density at radius 2 is 1.80 bits per heavy atom. The maximum absolute atomic E-state index is 13.0. The minimum atomic E-state index is -3.93. The molecule has 4 aromatic rings. The molecule has 184 valence electrons. The summed E-state index contributed by atoms with van der Waals surface area (Å²) in [5.74, 6) is 0.305. The molecule has 0 bridgehead atoms. The van der Waals surface area contributed by atoms with Gasteiger partial charge in [-0.25, -0.2) is 27.8 Å². The van der Waals surface area contributed by atoms with Crippen LogP contribution >= 0.6 is 11.3 Å². The van der Waals surface area contributed by atoms with Crippen LogP contribution in [0.15, 0.2) is 36.0 Å². The minimum absolute atomic E-state index is 0.0269. The SMILES string of the molecule is CCc1csc(-c2nnc(NS(=O)(=O)CCc3ncc(F)cn3)n2-c2c(OC)cccc2OC)n1. The van der Waals surface area contributed by atoms with E-state index in [9.17, 15) is 12.8 Å². The van der Waals surface area contributed by atoms with Gasteiger partial charge in [0.1, 0.15) is 23.0 Å². The summed E-state index contributed by atoms with van der Waals surface area (Å²) in [5.41, 5.74) is 1.28. The van der Waals surface area contributed by atoms with Crippen molar-refractivity contribution in [1.29, 1.82) is 0 Å². The quantitative estimate of drug-likeness (QED) is 0.336. The zero-order valence-corrected chi connectivity index (χ0v) is 20.7. The van der Waals surface area contributed by atoms with Crippen LogP contribution in [0.4, 0.5) is 10.3 Å². The molecule has 1 N–H and O–H groups in total. The summed E-state index contributed by atoms with van der Waals surface area (Å²) in [6.07, 6.45) is 2.67. The smallest absolute Gasteiger partial charge is 0.243 e. The van der Waals surface area contributed by atoms with E-state index in [2.05, 4.69) is 29.9 Å². The van der Waals surface area contributed by atoms with Gasteiger partial charge in [-0.15, -0.1) is 21.5 Å². The third-order valence-electron chi connectivity index (χ3n) is 4.91. The number of ether oxygens (including phenoxy) is 2. The summed E-state index contributed by atoms with van der Waals surface area (Å²) in [4.78, 5) is 12.2. The van der Waals surface area contributed by atoms with Crippen LogP contribution in [0.1, 0.15) is 18.4 Å². The Morgan fingerprint density at radius 3 is 2.40 bits per heavy atom.